The van der Waals surface area contributed by atoms with Crippen LogP contribution in [0.2, 0.25) is 0 Å². The first-order valence-corrected chi connectivity index (χ1v) is 7.34. The molecular formula is C17H26O2. The second-order valence-electron chi connectivity index (χ2n) is 4.73. The van der Waals surface area contributed by atoms with Crippen molar-refractivity contribution in [2.24, 2.45) is 0 Å². The molecule has 106 valence electrons. The third-order valence-electron chi connectivity index (χ3n) is 3.23. The Morgan fingerprint density at radius 2 is 2.00 bits per heavy atom. The fourth-order valence-corrected chi connectivity index (χ4v) is 2.32. The number of rotatable bonds is 8. The lowest BCUT2D eigenvalue weighted by atomic mass is 9.90. The molecular weight excluding hydrogens is 236 g/mol. The third-order valence-corrected chi connectivity index (χ3v) is 3.23. The minimum absolute atomic E-state index is 0.313. The van der Waals surface area contributed by atoms with Crippen LogP contribution < -0.4 is 4.74 Å². The van der Waals surface area contributed by atoms with E-state index in [2.05, 4.69) is 26.0 Å². The summed E-state index contributed by atoms with van der Waals surface area (Å²) in [6.45, 7) is 6.82. The Labute approximate surface area is 117 Å². The summed E-state index contributed by atoms with van der Waals surface area (Å²) in [4.78, 5) is 0. The molecule has 0 radical (unpaired) electrons. The van der Waals surface area contributed by atoms with Crippen LogP contribution in [0.25, 0.3) is 0 Å². The molecule has 1 aromatic carbocycles. The Hall–Kier alpha value is -1.44. The highest BCUT2D eigenvalue weighted by atomic mass is 16.5. The molecule has 2 heteroatoms. The second kappa shape index (κ2) is 8.63. The molecule has 0 saturated heterocycles. The minimum atomic E-state index is 0.313. The van der Waals surface area contributed by atoms with Crippen molar-refractivity contribution < 1.29 is 9.84 Å². The predicted octanol–water partition coefficient (Wildman–Crippen LogP) is 5.03. The van der Waals surface area contributed by atoms with E-state index in [1.165, 1.54) is 0 Å². The summed E-state index contributed by atoms with van der Waals surface area (Å²) in [7, 11) is 0. The molecule has 0 spiro atoms. The van der Waals surface area contributed by atoms with Gasteiger partial charge in [-0.05, 0) is 38.2 Å². The van der Waals surface area contributed by atoms with E-state index in [-0.39, 0.29) is 0 Å². The van der Waals surface area contributed by atoms with Gasteiger partial charge in [0.1, 0.15) is 0 Å². The van der Waals surface area contributed by atoms with Gasteiger partial charge in [0.25, 0.3) is 0 Å². The maximum Gasteiger partial charge on any atom is 0.161 e. The number of hydrogen-bond donors (Lipinski definition) is 1. The Balaban J connectivity index is 2.94. The second-order valence-corrected chi connectivity index (χ2v) is 4.73. The lowest BCUT2D eigenvalue weighted by molar-refractivity contribution is 0.315. The van der Waals surface area contributed by atoms with Gasteiger partial charge in [0.05, 0.1) is 6.61 Å². The van der Waals surface area contributed by atoms with Gasteiger partial charge >= 0.3 is 0 Å². The van der Waals surface area contributed by atoms with Crippen LogP contribution in [-0.2, 0) is 0 Å². The number of phenolic OH excluding ortho intramolecular Hbond substituents is 1. The largest absolute Gasteiger partial charge is 0.504 e. The van der Waals surface area contributed by atoms with Crippen molar-refractivity contribution >= 4 is 0 Å². The lowest BCUT2D eigenvalue weighted by Gasteiger charge is -2.18. The first-order valence-electron chi connectivity index (χ1n) is 7.34. The quantitative estimate of drug-likeness (QED) is 0.666. The zero-order chi connectivity index (χ0) is 14.1. The molecule has 1 atom stereocenters. The van der Waals surface area contributed by atoms with E-state index >= 15 is 0 Å². The van der Waals surface area contributed by atoms with E-state index in [4.69, 9.17) is 4.74 Å². The summed E-state index contributed by atoms with van der Waals surface area (Å²) < 4.78 is 5.46. The molecule has 0 bridgehead atoms. The molecule has 1 aromatic rings. The monoisotopic (exact) mass is 262 g/mol. The van der Waals surface area contributed by atoms with Crippen molar-refractivity contribution in [2.75, 3.05) is 6.61 Å². The van der Waals surface area contributed by atoms with Crippen molar-refractivity contribution in [2.45, 2.75) is 52.4 Å². The molecule has 1 unspecified atom stereocenters. The van der Waals surface area contributed by atoms with Crippen LogP contribution in [-0.4, -0.2) is 11.7 Å². The third kappa shape index (κ3) is 4.62. The van der Waals surface area contributed by atoms with Crippen LogP contribution in [0.4, 0.5) is 0 Å². The van der Waals surface area contributed by atoms with Gasteiger partial charge in [0, 0.05) is 5.56 Å². The first kappa shape index (κ1) is 15.6. The molecule has 0 aromatic heterocycles. The Kier molecular flexibility index (Phi) is 7.09. The lowest BCUT2D eigenvalue weighted by Crippen LogP contribution is -2.00. The number of para-hydroxylation sites is 1. The average Bonchev–Trinajstić information content (AvgIpc) is 2.41. The van der Waals surface area contributed by atoms with Gasteiger partial charge in [-0.15, -0.1) is 0 Å². The molecule has 1 N–H and O–H groups in total. The highest BCUT2D eigenvalue weighted by molar-refractivity contribution is 5.47. The first-order chi connectivity index (χ1) is 9.24. The van der Waals surface area contributed by atoms with E-state index in [0.29, 0.717) is 24.0 Å². The number of aromatic hydroxyl groups is 1. The molecule has 0 aliphatic rings. The van der Waals surface area contributed by atoms with Crippen LogP contribution in [0.1, 0.15) is 57.9 Å². The van der Waals surface area contributed by atoms with Crippen LogP contribution in [0.3, 0.4) is 0 Å². The van der Waals surface area contributed by atoms with Gasteiger partial charge in [-0.2, -0.15) is 0 Å². The maximum absolute atomic E-state index is 10.3. The van der Waals surface area contributed by atoms with Gasteiger partial charge in [-0.1, -0.05) is 44.6 Å². The van der Waals surface area contributed by atoms with E-state index in [9.17, 15) is 5.11 Å². The van der Waals surface area contributed by atoms with Gasteiger partial charge in [-0.25, -0.2) is 0 Å². The molecule has 0 saturated carbocycles. The van der Waals surface area contributed by atoms with E-state index in [1.807, 2.05) is 25.1 Å². The van der Waals surface area contributed by atoms with Crippen molar-refractivity contribution in [1.29, 1.82) is 0 Å². The zero-order valence-corrected chi connectivity index (χ0v) is 12.4. The zero-order valence-electron chi connectivity index (χ0n) is 12.4. The number of ether oxygens (including phenoxy) is 1. The van der Waals surface area contributed by atoms with E-state index in [1.54, 1.807) is 0 Å². The van der Waals surface area contributed by atoms with Crippen molar-refractivity contribution in [3.63, 3.8) is 0 Å². The van der Waals surface area contributed by atoms with Gasteiger partial charge in [0.15, 0.2) is 11.5 Å². The standard InChI is InChI=1S/C17H26O2/c1-4-7-8-11-14(10-5-2)15-12-9-13-16(17(15)18)19-6-3/h7-9,12-14,18H,4-6,10-11H2,1-3H3/b8-7-. The fourth-order valence-electron chi connectivity index (χ4n) is 2.32. The predicted molar refractivity (Wildman–Crippen MR) is 81.0 cm³/mol. The summed E-state index contributed by atoms with van der Waals surface area (Å²) in [5.41, 5.74) is 1.01. The van der Waals surface area contributed by atoms with Gasteiger partial charge in [0.2, 0.25) is 0 Å². The van der Waals surface area contributed by atoms with Crippen molar-refractivity contribution in [1.82, 2.24) is 0 Å². The summed E-state index contributed by atoms with van der Waals surface area (Å²) >= 11 is 0. The van der Waals surface area contributed by atoms with E-state index < -0.39 is 0 Å². The molecule has 2 nitrogen and oxygen atoms in total. The summed E-state index contributed by atoms with van der Waals surface area (Å²) in [6.07, 6.45) is 8.63. The van der Waals surface area contributed by atoms with Crippen molar-refractivity contribution in [3.05, 3.63) is 35.9 Å². The molecule has 0 aliphatic carbocycles. The molecule has 19 heavy (non-hydrogen) atoms. The summed E-state index contributed by atoms with van der Waals surface area (Å²) in [5.74, 6) is 1.28. The molecule has 0 fully saturated rings. The molecule has 0 heterocycles. The normalized spacial score (nSPS) is 12.8. The van der Waals surface area contributed by atoms with Crippen LogP contribution in [0.15, 0.2) is 30.4 Å². The number of hydrogen-bond acceptors (Lipinski definition) is 2. The highest BCUT2D eigenvalue weighted by Gasteiger charge is 2.16. The van der Waals surface area contributed by atoms with Gasteiger partial charge < -0.3 is 9.84 Å². The summed E-state index contributed by atoms with van der Waals surface area (Å²) in [6, 6.07) is 5.80. The SMILES string of the molecule is CC/C=C\CC(CCC)c1cccc(OCC)c1O. The Bertz CT molecular complexity index is 396. The average molecular weight is 262 g/mol. The molecule has 0 amide bonds. The van der Waals surface area contributed by atoms with Crippen molar-refractivity contribution in [3.8, 4) is 11.5 Å². The smallest absolute Gasteiger partial charge is 0.161 e. The topological polar surface area (TPSA) is 29.5 Å². The fraction of sp³-hybridized carbons (Fsp3) is 0.529. The van der Waals surface area contributed by atoms with E-state index in [0.717, 1.165) is 31.2 Å². The van der Waals surface area contributed by atoms with Crippen LogP contribution in [0.5, 0.6) is 11.5 Å². The Morgan fingerprint density at radius 1 is 1.21 bits per heavy atom. The number of benzene rings is 1. The van der Waals surface area contributed by atoms with Gasteiger partial charge in [-0.3, -0.25) is 0 Å². The Morgan fingerprint density at radius 3 is 2.63 bits per heavy atom. The molecule has 1 rings (SSSR count). The maximum atomic E-state index is 10.3. The summed E-state index contributed by atoms with van der Waals surface area (Å²) in [5, 5.41) is 10.3. The van der Waals surface area contributed by atoms with Crippen LogP contribution in [0, 0.1) is 0 Å². The number of phenols is 1. The van der Waals surface area contributed by atoms with Crippen LogP contribution >= 0.6 is 0 Å². The highest BCUT2D eigenvalue weighted by Crippen LogP contribution is 2.38. The number of allylic oxidation sites excluding steroid dienone is 2. The minimum Gasteiger partial charge on any atom is -0.504 e. The molecule has 0 aliphatic heterocycles.